The monoisotopic (exact) mass is 373 g/mol. The second kappa shape index (κ2) is 8.88. The van der Waals surface area contributed by atoms with E-state index in [2.05, 4.69) is 4.99 Å². The molecule has 1 atom stereocenters. The van der Waals surface area contributed by atoms with Crippen LogP contribution in [0, 0.1) is 0 Å². The Labute approximate surface area is 159 Å². The lowest BCUT2D eigenvalue weighted by Crippen LogP contribution is -2.43. The molecule has 2 heterocycles. The number of piperidine rings is 1. The van der Waals surface area contributed by atoms with Gasteiger partial charge in [-0.1, -0.05) is 0 Å². The number of unbranched alkanes of at least 4 members (excludes halogenated alkanes) is 2. The summed E-state index contributed by atoms with van der Waals surface area (Å²) in [6.07, 6.45) is 7.81. The molecule has 2 amide bonds. The fraction of sp³-hybridized carbons (Fsp3) is 0.550. The molecule has 2 N–H and O–H groups in total. The van der Waals surface area contributed by atoms with Crippen molar-refractivity contribution in [3.05, 3.63) is 17.7 Å². The Morgan fingerprint density at radius 2 is 2.11 bits per heavy atom. The highest BCUT2D eigenvalue weighted by Gasteiger charge is 2.31. The molecule has 0 radical (unpaired) electrons. The van der Waals surface area contributed by atoms with Crippen LogP contribution < -0.4 is 15.2 Å². The van der Waals surface area contributed by atoms with Crippen molar-refractivity contribution >= 4 is 23.7 Å². The molecule has 146 valence electrons. The predicted molar refractivity (Wildman–Crippen MR) is 103 cm³/mol. The van der Waals surface area contributed by atoms with Crippen molar-refractivity contribution in [2.45, 2.75) is 51.0 Å². The number of hydrogen-bond acceptors (Lipinski definition) is 5. The van der Waals surface area contributed by atoms with Crippen LogP contribution in [0.5, 0.6) is 11.5 Å². The van der Waals surface area contributed by atoms with E-state index < -0.39 is 0 Å². The smallest absolute Gasteiger partial charge is 0.256 e. The largest absolute Gasteiger partial charge is 0.493 e. The normalized spacial score (nSPS) is 18.5. The first kappa shape index (κ1) is 19.2. The maximum Gasteiger partial charge on any atom is 0.256 e. The molecule has 0 spiro atoms. The number of methoxy groups -OCH3 is 1. The summed E-state index contributed by atoms with van der Waals surface area (Å²) in [5.41, 5.74) is 6.32. The molecule has 2 aliphatic rings. The van der Waals surface area contributed by atoms with Gasteiger partial charge in [-0.25, -0.2) is 0 Å². The van der Waals surface area contributed by atoms with E-state index in [1.165, 1.54) is 0 Å². The van der Waals surface area contributed by atoms with E-state index in [9.17, 15) is 9.59 Å². The third-order valence-electron chi connectivity index (χ3n) is 5.03. The predicted octanol–water partition coefficient (Wildman–Crippen LogP) is 2.83. The van der Waals surface area contributed by atoms with E-state index in [0.717, 1.165) is 45.1 Å². The van der Waals surface area contributed by atoms with Crippen molar-refractivity contribution in [3.8, 4) is 11.5 Å². The lowest BCUT2D eigenvalue weighted by Gasteiger charge is -2.32. The number of ether oxygens (including phenoxy) is 2. The van der Waals surface area contributed by atoms with E-state index in [-0.39, 0.29) is 17.9 Å². The van der Waals surface area contributed by atoms with E-state index in [4.69, 9.17) is 15.2 Å². The zero-order valence-electron chi connectivity index (χ0n) is 15.8. The highest BCUT2D eigenvalue weighted by Crippen LogP contribution is 2.37. The molecule has 7 nitrogen and oxygen atoms in total. The summed E-state index contributed by atoms with van der Waals surface area (Å²) in [6.45, 7) is 1.27. The van der Waals surface area contributed by atoms with E-state index in [1.807, 2.05) is 11.1 Å². The third-order valence-corrected chi connectivity index (χ3v) is 5.03. The van der Waals surface area contributed by atoms with Crippen molar-refractivity contribution < 1.29 is 19.1 Å². The van der Waals surface area contributed by atoms with Crippen LogP contribution in [-0.4, -0.2) is 49.2 Å². The van der Waals surface area contributed by atoms with Crippen LogP contribution in [0.3, 0.4) is 0 Å². The lowest BCUT2D eigenvalue weighted by molar-refractivity contribution is -0.118. The first-order valence-corrected chi connectivity index (χ1v) is 9.58. The topological polar surface area (TPSA) is 94.2 Å². The Balaban J connectivity index is 1.71. The second-order valence-electron chi connectivity index (χ2n) is 6.99. The molecule has 3 rings (SSSR count). The molecule has 2 aliphatic heterocycles. The van der Waals surface area contributed by atoms with Crippen molar-refractivity contribution in [1.29, 1.82) is 0 Å². The fourth-order valence-corrected chi connectivity index (χ4v) is 3.55. The number of benzene rings is 1. The SMILES string of the molecule is COc1cc2c(cc1OCCCCCC(N)=O)N=C[C@@H]1CCCCN1C2=O. The van der Waals surface area contributed by atoms with Gasteiger partial charge in [0, 0.05) is 25.2 Å². The zero-order valence-corrected chi connectivity index (χ0v) is 15.8. The summed E-state index contributed by atoms with van der Waals surface area (Å²) >= 11 is 0. The summed E-state index contributed by atoms with van der Waals surface area (Å²) in [6, 6.07) is 3.58. The quantitative estimate of drug-likeness (QED) is 0.709. The third kappa shape index (κ3) is 4.59. The molecule has 0 unspecified atom stereocenters. The molecule has 1 aromatic rings. The minimum Gasteiger partial charge on any atom is -0.493 e. The Morgan fingerprint density at radius 1 is 1.26 bits per heavy atom. The van der Waals surface area contributed by atoms with Gasteiger partial charge in [0.2, 0.25) is 5.91 Å². The van der Waals surface area contributed by atoms with Gasteiger partial charge >= 0.3 is 0 Å². The second-order valence-corrected chi connectivity index (χ2v) is 6.99. The van der Waals surface area contributed by atoms with Gasteiger partial charge in [-0.3, -0.25) is 14.6 Å². The fourth-order valence-electron chi connectivity index (χ4n) is 3.55. The van der Waals surface area contributed by atoms with Crippen molar-refractivity contribution in [2.24, 2.45) is 10.7 Å². The van der Waals surface area contributed by atoms with E-state index in [0.29, 0.717) is 35.8 Å². The number of rotatable bonds is 8. The van der Waals surface area contributed by atoms with Gasteiger partial charge in [0.25, 0.3) is 5.91 Å². The summed E-state index contributed by atoms with van der Waals surface area (Å²) in [4.78, 5) is 30.2. The average molecular weight is 373 g/mol. The number of amides is 2. The summed E-state index contributed by atoms with van der Waals surface area (Å²) in [5, 5.41) is 0. The first-order chi connectivity index (χ1) is 13.1. The molecule has 0 aliphatic carbocycles. The van der Waals surface area contributed by atoms with Crippen LogP contribution in [0.25, 0.3) is 0 Å². The van der Waals surface area contributed by atoms with Crippen LogP contribution in [0.15, 0.2) is 17.1 Å². The van der Waals surface area contributed by atoms with E-state index >= 15 is 0 Å². The molecule has 1 saturated heterocycles. The minimum atomic E-state index is -0.276. The van der Waals surface area contributed by atoms with Gasteiger partial charge in [-0.05, 0) is 44.6 Å². The summed E-state index contributed by atoms with van der Waals surface area (Å²) in [7, 11) is 1.57. The van der Waals surface area contributed by atoms with Crippen LogP contribution in [0.4, 0.5) is 5.69 Å². The molecule has 27 heavy (non-hydrogen) atoms. The van der Waals surface area contributed by atoms with Gasteiger partial charge in [-0.2, -0.15) is 0 Å². The first-order valence-electron chi connectivity index (χ1n) is 9.58. The molecule has 1 aromatic carbocycles. The number of carbonyl (C=O) groups excluding carboxylic acids is 2. The number of nitrogens with two attached hydrogens (primary N) is 1. The zero-order chi connectivity index (χ0) is 19.2. The Bertz CT molecular complexity index is 732. The van der Waals surface area contributed by atoms with Crippen molar-refractivity contribution in [2.75, 3.05) is 20.3 Å². The number of fused-ring (bicyclic) bond motifs is 2. The van der Waals surface area contributed by atoms with Gasteiger partial charge in [0.15, 0.2) is 11.5 Å². The number of primary amides is 1. The molecule has 0 bridgehead atoms. The van der Waals surface area contributed by atoms with Gasteiger partial charge < -0.3 is 20.1 Å². The summed E-state index contributed by atoms with van der Waals surface area (Å²) in [5.74, 6) is 0.839. The minimum absolute atomic E-state index is 0.00324. The maximum absolute atomic E-state index is 12.9. The van der Waals surface area contributed by atoms with Gasteiger partial charge in [0.05, 0.1) is 31.0 Å². The number of aliphatic imine (C=N–C) groups is 1. The number of carbonyl (C=O) groups is 2. The van der Waals surface area contributed by atoms with Gasteiger partial charge in [-0.15, -0.1) is 0 Å². The van der Waals surface area contributed by atoms with Crippen LogP contribution in [0.1, 0.15) is 55.3 Å². The van der Waals surface area contributed by atoms with Crippen molar-refractivity contribution in [3.63, 3.8) is 0 Å². The van der Waals surface area contributed by atoms with Crippen molar-refractivity contribution in [1.82, 2.24) is 4.90 Å². The molecule has 0 saturated carbocycles. The molecule has 7 heteroatoms. The van der Waals surface area contributed by atoms with E-state index in [1.54, 1.807) is 19.2 Å². The molecule has 1 fully saturated rings. The Morgan fingerprint density at radius 3 is 2.89 bits per heavy atom. The molecular formula is C20H27N3O4. The van der Waals surface area contributed by atoms with Crippen LogP contribution in [-0.2, 0) is 4.79 Å². The standard InChI is InChI=1S/C20H27N3O4/c1-26-17-11-15-16(12-18(17)27-10-6-2-3-8-19(21)24)22-13-14-7-4-5-9-23(14)20(15)25/h11-14H,2-10H2,1H3,(H2,21,24)/t14-/m0/s1. The summed E-state index contributed by atoms with van der Waals surface area (Å²) < 4.78 is 11.3. The molecular weight excluding hydrogens is 346 g/mol. The Hall–Kier alpha value is -2.57. The molecule has 0 aromatic heterocycles. The Kier molecular flexibility index (Phi) is 6.32. The number of hydrogen-bond donors (Lipinski definition) is 1. The highest BCUT2D eigenvalue weighted by atomic mass is 16.5. The average Bonchev–Trinajstić information content (AvgIpc) is 2.81. The maximum atomic E-state index is 12.9. The lowest BCUT2D eigenvalue weighted by atomic mass is 10.0. The number of nitrogens with zero attached hydrogens (tertiary/aromatic N) is 2. The highest BCUT2D eigenvalue weighted by molar-refractivity contribution is 6.03. The van der Waals surface area contributed by atoms with Crippen LogP contribution in [0.2, 0.25) is 0 Å². The van der Waals surface area contributed by atoms with Crippen LogP contribution >= 0.6 is 0 Å². The van der Waals surface area contributed by atoms with Gasteiger partial charge in [0.1, 0.15) is 0 Å².